The number of unbranched alkanes of at least 4 members (excludes halogenated alkanes) is 1. The zero-order valence-electron chi connectivity index (χ0n) is 14.8. The number of ketones is 2. The minimum absolute atomic E-state index is 0.104. The van der Waals surface area contributed by atoms with Crippen molar-refractivity contribution in [2.24, 2.45) is 0 Å². The summed E-state index contributed by atoms with van der Waals surface area (Å²) in [6, 6.07) is 8.37. The Morgan fingerprint density at radius 1 is 0.929 bits per heavy atom. The molecule has 2 aromatic carbocycles. The second kappa shape index (κ2) is 7.21. The molecule has 0 saturated heterocycles. The van der Waals surface area contributed by atoms with Crippen molar-refractivity contribution < 1.29 is 31.0 Å². The van der Waals surface area contributed by atoms with Crippen LogP contribution in [-0.2, 0) is 26.7 Å². The Bertz CT molecular complexity index is 1200. The number of carbonyl (C=O) groups is 2. The maximum absolute atomic E-state index is 13.0. The van der Waals surface area contributed by atoms with Gasteiger partial charge in [-0.1, -0.05) is 41.7 Å². The van der Waals surface area contributed by atoms with Gasteiger partial charge >= 0.3 is 10.3 Å². The van der Waals surface area contributed by atoms with Gasteiger partial charge in [0.25, 0.3) is 10.0 Å². The van der Waals surface area contributed by atoms with Crippen molar-refractivity contribution in [3.05, 3.63) is 64.2 Å². The van der Waals surface area contributed by atoms with Crippen LogP contribution in [0.4, 0.5) is 0 Å². The molecular formula is C18H17NO7S2. The Balaban J connectivity index is 2.26. The number of hydrogen-bond acceptors (Lipinski definition) is 6. The number of rotatable bonds is 6. The first-order valence-corrected chi connectivity index (χ1v) is 11.3. The summed E-state index contributed by atoms with van der Waals surface area (Å²) in [5, 5.41) is 0. The second-order valence-corrected chi connectivity index (χ2v) is 9.47. The van der Waals surface area contributed by atoms with Crippen LogP contribution in [0, 0.1) is 0 Å². The molecule has 0 aliphatic heterocycles. The van der Waals surface area contributed by atoms with Gasteiger partial charge in [0.1, 0.15) is 0 Å². The Morgan fingerprint density at radius 3 is 2.11 bits per heavy atom. The molecule has 1 aliphatic carbocycles. The molecular weight excluding hydrogens is 406 g/mol. The summed E-state index contributed by atoms with van der Waals surface area (Å²) >= 11 is 0. The molecule has 2 aromatic rings. The molecule has 0 heterocycles. The van der Waals surface area contributed by atoms with E-state index in [1.54, 1.807) is 12.1 Å². The van der Waals surface area contributed by atoms with E-state index in [-0.39, 0.29) is 28.0 Å². The summed E-state index contributed by atoms with van der Waals surface area (Å²) in [7, 11) is -9.71. The van der Waals surface area contributed by atoms with Gasteiger partial charge in [0.2, 0.25) is 0 Å². The molecule has 8 nitrogen and oxygen atoms in total. The fourth-order valence-corrected chi connectivity index (χ4v) is 5.25. The van der Waals surface area contributed by atoms with Gasteiger partial charge in [-0.2, -0.15) is 8.42 Å². The monoisotopic (exact) mass is 423 g/mol. The number of benzene rings is 2. The smallest absolute Gasteiger partial charge is 0.289 e. The van der Waals surface area contributed by atoms with Gasteiger partial charge in [-0.15, -0.1) is 0 Å². The number of aryl methyl sites for hydroxylation is 1. The largest absolute Gasteiger partial charge is 0.346 e. The molecule has 0 unspecified atom stereocenters. The van der Waals surface area contributed by atoms with Crippen LogP contribution in [0.2, 0.25) is 0 Å². The van der Waals surface area contributed by atoms with Gasteiger partial charge in [0.05, 0.1) is 4.90 Å². The van der Waals surface area contributed by atoms with E-state index in [4.69, 9.17) is 4.55 Å². The van der Waals surface area contributed by atoms with Crippen LogP contribution in [0.3, 0.4) is 0 Å². The molecule has 0 aromatic heterocycles. The van der Waals surface area contributed by atoms with E-state index < -0.39 is 31.0 Å². The second-order valence-electron chi connectivity index (χ2n) is 6.37. The third-order valence-electron chi connectivity index (χ3n) is 4.41. The highest BCUT2D eigenvalue weighted by molar-refractivity contribution is 8.02. The molecule has 0 saturated carbocycles. The molecule has 0 atom stereocenters. The molecule has 0 radical (unpaired) electrons. The zero-order chi connectivity index (χ0) is 20.7. The van der Waals surface area contributed by atoms with Crippen molar-refractivity contribution in [1.29, 1.82) is 0 Å². The Hall–Kier alpha value is -2.40. The van der Waals surface area contributed by atoms with Crippen molar-refractivity contribution in [3.63, 3.8) is 0 Å². The normalized spacial score (nSPS) is 13.9. The molecule has 10 heteroatoms. The Kier molecular flexibility index (Phi) is 5.24. The maximum Gasteiger partial charge on any atom is 0.346 e. The van der Waals surface area contributed by atoms with Crippen molar-refractivity contribution in [3.8, 4) is 0 Å². The lowest BCUT2D eigenvalue weighted by atomic mass is 9.81. The first kappa shape index (κ1) is 20.3. The van der Waals surface area contributed by atoms with Gasteiger partial charge in [-0.25, -0.2) is 8.42 Å². The molecule has 1 aliphatic rings. The predicted octanol–water partition coefficient (Wildman–Crippen LogP) is 1.89. The van der Waals surface area contributed by atoms with E-state index in [0.717, 1.165) is 16.6 Å². The number of sulfonamides is 1. The van der Waals surface area contributed by atoms with Crippen LogP contribution < -0.4 is 4.13 Å². The zero-order valence-corrected chi connectivity index (χ0v) is 16.4. The average Bonchev–Trinajstić information content (AvgIpc) is 2.61. The highest BCUT2D eigenvalue weighted by atomic mass is 32.3. The van der Waals surface area contributed by atoms with Crippen molar-refractivity contribution in [2.45, 2.75) is 31.1 Å². The number of fused-ring (bicyclic) bond motifs is 2. The van der Waals surface area contributed by atoms with Crippen LogP contribution in [0.1, 0.15) is 57.2 Å². The number of nitrogens with one attached hydrogen (secondary N) is 1. The van der Waals surface area contributed by atoms with Gasteiger partial charge in [-0.05, 0) is 30.5 Å². The molecule has 2 N–H and O–H groups in total. The van der Waals surface area contributed by atoms with Crippen molar-refractivity contribution in [1.82, 2.24) is 4.13 Å². The fraction of sp³-hybridized carbons (Fsp3) is 0.222. The number of carbonyl (C=O) groups excluding carboxylic acids is 2. The summed E-state index contributed by atoms with van der Waals surface area (Å²) in [4.78, 5) is 25.4. The standard InChI is InChI=1S/C18H17NO7S2/c1-2-3-6-11-9-12(27(22,23)19-28(24,25)26)10-15-16(11)18(21)14-8-5-4-7-13(14)17(15)20/h4-5,7-10,19H,2-3,6H2,1H3,(H,24,25,26). The summed E-state index contributed by atoms with van der Waals surface area (Å²) in [6.07, 6.45) is 1.72. The fourth-order valence-electron chi connectivity index (χ4n) is 3.19. The highest BCUT2D eigenvalue weighted by Crippen LogP contribution is 2.32. The van der Waals surface area contributed by atoms with Crippen LogP contribution >= 0.6 is 0 Å². The van der Waals surface area contributed by atoms with Crippen LogP contribution in [0.25, 0.3) is 0 Å². The molecule has 28 heavy (non-hydrogen) atoms. The number of hydrogen-bond donors (Lipinski definition) is 2. The summed E-state index contributed by atoms with van der Waals surface area (Å²) in [5.74, 6) is -0.908. The SMILES string of the molecule is CCCCc1cc(S(=O)(=O)NS(=O)(=O)O)cc2c1C(=O)c1ccccc1C2=O. The maximum atomic E-state index is 13.0. The highest BCUT2D eigenvalue weighted by Gasteiger charge is 2.33. The predicted molar refractivity (Wildman–Crippen MR) is 100 cm³/mol. The molecule has 3 rings (SSSR count). The molecule has 0 bridgehead atoms. The molecule has 0 spiro atoms. The topological polar surface area (TPSA) is 135 Å². The first-order valence-electron chi connectivity index (χ1n) is 8.41. The van der Waals surface area contributed by atoms with E-state index in [1.165, 1.54) is 18.2 Å². The van der Waals surface area contributed by atoms with E-state index in [2.05, 4.69) is 0 Å². The third kappa shape index (κ3) is 3.76. The minimum Gasteiger partial charge on any atom is -0.289 e. The van der Waals surface area contributed by atoms with E-state index in [0.29, 0.717) is 18.4 Å². The van der Waals surface area contributed by atoms with Gasteiger partial charge in [0.15, 0.2) is 11.6 Å². The van der Waals surface area contributed by atoms with E-state index in [1.807, 2.05) is 6.92 Å². The van der Waals surface area contributed by atoms with Gasteiger partial charge in [-0.3, -0.25) is 14.1 Å². The third-order valence-corrected chi connectivity index (χ3v) is 6.98. The van der Waals surface area contributed by atoms with Crippen LogP contribution in [0.15, 0.2) is 41.3 Å². The lowest BCUT2D eigenvalue weighted by molar-refractivity contribution is 0.0978. The first-order chi connectivity index (χ1) is 13.0. The summed E-state index contributed by atoms with van der Waals surface area (Å²) in [6.45, 7) is 1.91. The van der Waals surface area contributed by atoms with Crippen LogP contribution in [-0.4, -0.2) is 33.0 Å². The Labute approximate surface area is 162 Å². The van der Waals surface area contributed by atoms with E-state index in [9.17, 15) is 26.4 Å². The quantitative estimate of drug-likeness (QED) is 0.578. The van der Waals surface area contributed by atoms with Gasteiger partial charge < -0.3 is 0 Å². The molecule has 0 amide bonds. The minimum atomic E-state index is -5.04. The lowest BCUT2D eigenvalue weighted by Gasteiger charge is -2.21. The summed E-state index contributed by atoms with van der Waals surface area (Å²) in [5.41, 5.74) is 0.752. The van der Waals surface area contributed by atoms with Crippen molar-refractivity contribution >= 4 is 31.9 Å². The summed E-state index contributed by atoms with van der Waals surface area (Å²) < 4.78 is 56.7. The van der Waals surface area contributed by atoms with Crippen LogP contribution in [0.5, 0.6) is 0 Å². The van der Waals surface area contributed by atoms with Crippen molar-refractivity contribution in [2.75, 3.05) is 0 Å². The molecule has 0 fully saturated rings. The Morgan fingerprint density at radius 2 is 1.54 bits per heavy atom. The average molecular weight is 423 g/mol. The van der Waals surface area contributed by atoms with E-state index >= 15 is 0 Å². The lowest BCUT2D eigenvalue weighted by Crippen LogP contribution is -2.31. The molecule has 148 valence electrons. The van der Waals surface area contributed by atoms with Gasteiger partial charge in [0, 0.05) is 22.3 Å².